The molecule has 0 saturated heterocycles. The van der Waals surface area contributed by atoms with Gasteiger partial charge in [-0.25, -0.2) is 0 Å². The number of benzene rings is 2. The fourth-order valence-electron chi connectivity index (χ4n) is 2.79. The first kappa shape index (κ1) is 21.2. The first-order chi connectivity index (χ1) is 14.4. The highest BCUT2D eigenvalue weighted by Gasteiger charge is 2.15. The van der Waals surface area contributed by atoms with E-state index in [9.17, 15) is 19.7 Å². The summed E-state index contributed by atoms with van der Waals surface area (Å²) in [6, 6.07) is 10.7. The third-order valence-electron chi connectivity index (χ3n) is 4.06. The molecule has 0 atom stereocenters. The molecule has 0 bridgehead atoms. The van der Waals surface area contributed by atoms with Crippen molar-refractivity contribution in [1.82, 2.24) is 4.57 Å². The Kier molecular flexibility index (Phi) is 6.58. The quantitative estimate of drug-likeness (QED) is 0.323. The molecule has 0 fully saturated rings. The van der Waals surface area contributed by atoms with Crippen LogP contribution in [0.25, 0.3) is 10.2 Å². The minimum atomic E-state index is -0.645. The number of thiazole rings is 1. The van der Waals surface area contributed by atoms with Crippen LogP contribution < -0.4 is 9.54 Å². The summed E-state index contributed by atoms with van der Waals surface area (Å²) in [5.41, 5.74) is 0.578. The van der Waals surface area contributed by atoms with E-state index in [4.69, 9.17) is 9.47 Å². The zero-order valence-corrected chi connectivity index (χ0v) is 17.2. The maximum absolute atomic E-state index is 12.7. The first-order valence-electron chi connectivity index (χ1n) is 9.18. The summed E-state index contributed by atoms with van der Waals surface area (Å²) < 4.78 is 12.9. The van der Waals surface area contributed by atoms with E-state index in [0.717, 1.165) is 4.70 Å². The fourth-order valence-corrected chi connectivity index (χ4v) is 3.84. The number of carbonyl (C=O) groups is 2. The molecule has 1 amide bonds. The van der Waals surface area contributed by atoms with Crippen LogP contribution in [0.5, 0.6) is 5.75 Å². The maximum atomic E-state index is 12.7. The molecular formula is C20H19N3O6S. The van der Waals surface area contributed by atoms with Gasteiger partial charge in [0.05, 0.1) is 28.4 Å². The topological polar surface area (TPSA) is 113 Å². The normalized spacial score (nSPS) is 11.5. The number of hydrogen-bond acceptors (Lipinski definition) is 7. The molecule has 1 heterocycles. The second-order valence-electron chi connectivity index (χ2n) is 6.06. The van der Waals surface area contributed by atoms with E-state index >= 15 is 0 Å². The van der Waals surface area contributed by atoms with E-state index < -0.39 is 16.8 Å². The molecule has 0 N–H and O–H groups in total. The van der Waals surface area contributed by atoms with E-state index in [1.165, 1.54) is 35.6 Å². The smallest absolute Gasteiger partial charge is 0.326 e. The molecule has 9 nitrogen and oxygen atoms in total. The Labute approximate surface area is 175 Å². The summed E-state index contributed by atoms with van der Waals surface area (Å²) in [6.45, 7) is 4.19. The highest BCUT2D eigenvalue weighted by molar-refractivity contribution is 7.16. The second-order valence-corrected chi connectivity index (χ2v) is 7.07. The van der Waals surface area contributed by atoms with Gasteiger partial charge < -0.3 is 14.0 Å². The highest BCUT2D eigenvalue weighted by Crippen LogP contribution is 2.24. The lowest BCUT2D eigenvalue weighted by molar-refractivity contribution is -0.384. The van der Waals surface area contributed by atoms with Gasteiger partial charge in [0.1, 0.15) is 12.3 Å². The Balaban J connectivity index is 2.09. The summed E-state index contributed by atoms with van der Waals surface area (Å²) in [5, 5.41) is 11.0. The van der Waals surface area contributed by atoms with Gasteiger partial charge in [0.15, 0.2) is 4.80 Å². The van der Waals surface area contributed by atoms with Crippen LogP contribution in [0.2, 0.25) is 0 Å². The van der Waals surface area contributed by atoms with Crippen molar-refractivity contribution >= 4 is 39.1 Å². The summed E-state index contributed by atoms with van der Waals surface area (Å²) in [4.78, 5) is 39.6. The number of non-ortho nitro benzene ring substituents is 1. The van der Waals surface area contributed by atoms with Crippen LogP contribution in [0.15, 0.2) is 47.5 Å². The van der Waals surface area contributed by atoms with Gasteiger partial charge in [0.25, 0.3) is 11.6 Å². The Morgan fingerprint density at radius 3 is 2.67 bits per heavy atom. The lowest BCUT2D eigenvalue weighted by Crippen LogP contribution is -2.23. The van der Waals surface area contributed by atoms with Crippen molar-refractivity contribution in [3.05, 3.63) is 62.9 Å². The lowest BCUT2D eigenvalue weighted by atomic mass is 10.2. The molecule has 0 unspecified atom stereocenters. The minimum absolute atomic E-state index is 0.0827. The van der Waals surface area contributed by atoms with E-state index in [1.807, 2.05) is 13.0 Å². The van der Waals surface area contributed by atoms with Gasteiger partial charge in [-0.05, 0) is 38.1 Å². The van der Waals surface area contributed by atoms with Gasteiger partial charge in [-0.1, -0.05) is 17.4 Å². The van der Waals surface area contributed by atoms with Gasteiger partial charge in [0, 0.05) is 17.7 Å². The molecule has 3 rings (SSSR count). The molecule has 0 aliphatic carbocycles. The van der Waals surface area contributed by atoms with Crippen molar-refractivity contribution in [2.45, 2.75) is 20.4 Å². The van der Waals surface area contributed by atoms with Crippen molar-refractivity contribution in [3.63, 3.8) is 0 Å². The Morgan fingerprint density at radius 1 is 1.17 bits per heavy atom. The largest absolute Gasteiger partial charge is 0.494 e. The number of rotatable bonds is 7. The predicted molar refractivity (Wildman–Crippen MR) is 111 cm³/mol. The molecule has 0 radical (unpaired) electrons. The van der Waals surface area contributed by atoms with Gasteiger partial charge >= 0.3 is 5.97 Å². The SMILES string of the molecule is CCOC(=O)Cn1c(=NC(=O)c2cccc([N+](=O)[O-])c2)sc2cc(OCC)ccc21. The number of amides is 1. The van der Waals surface area contributed by atoms with E-state index in [-0.39, 0.29) is 29.2 Å². The number of hydrogen-bond donors (Lipinski definition) is 0. The molecule has 0 aliphatic rings. The molecule has 3 aromatic rings. The van der Waals surface area contributed by atoms with E-state index in [1.54, 1.807) is 23.6 Å². The summed E-state index contributed by atoms with van der Waals surface area (Å²) >= 11 is 1.21. The number of esters is 1. The zero-order valence-electron chi connectivity index (χ0n) is 16.4. The zero-order chi connectivity index (χ0) is 21.7. The van der Waals surface area contributed by atoms with Gasteiger partial charge in [-0.3, -0.25) is 19.7 Å². The number of nitro benzene ring substituents is 1. The van der Waals surface area contributed by atoms with Gasteiger partial charge in [-0.15, -0.1) is 0 Å². The van der Waals surface area contributed by atoms with Crippen LogP contribution in [0.3, 0.4) is 0 Å². The average Bonchev–Trinajstić information content (AvgIpc) is 3.04. The molecular weight excluding hydrogens is 410 g/mol. The minimum Gasteiger partial charge on any atom is -0.494 e. The van der Waals surface area contributed by atoms with Crippen LogP contribution in [-0.2, 0) is 16.1 Å². The van der Waals surface area contributed by atoms with Crippen molar-refractivity contribution in [1.29, 1.82) is 0 Å². The number of nitrogens with zero attached hydrogens (tertiary/aromatic N) is 3. The van der Waals surface area contributed by atoms with Crippen molar-refractivity contribution < 1.29 is 24.0 Å². The van der Waals surface area contributed by atoms with E-state index in [0.29, 0.717) is 17.9 Å². The monoisotopic (exact) mass is 429 g/mol. The fraction of sp³-hybridized carbons (Fsp3) is 0.250. The Morgan fingerprint density at radius 2 is 1.97 bits per heavy atom. The average molecular weight is 429 g/mol. The number of aromatic nitrogens is 1. The molecule has 10 heteroatoms. The number of carbonyl (C=O) groups excluding carboxylic acids is 2. The molecule has 156 valence electrons. The molecule has 0 aliphatic heterocycles. The molecule has 0 spiro atoms. The summed E-state index contributed by atoms with van der Waals surface area (Å²) in [5.74, 6) is -0.450. The number of nitro groups is 1. The predicted octanol–water partition coefficient (Wildman–Crippen LogP) is 3.31. The van der Waals surface area contributed by atoms with Crippen LogP contribution in [0.1, 0.15) is 24.2 Å². The van der Waals surface area contributed by atoms with Crippen LogP contribution in [-0.4, -0.2) is 34.6 Å². The van der Waals surface area contributed by atoms with Crippen molar-refractivity contribution in [3.8, 4) is 5.75 Å². The first-order valence-corrected chi connectivity index (χ1v) is 10.00. The Bertz CT molecular complexity index is 1180. The highest BCUT2D eigenvalue weighted by atomic mass is 32.1. The molecule has 0 saturated carbocycles. The standard InChI is InChI=1S/C20H19N3O6S/c1-3-28-15-8-9-16-17(11-15)30-20(22(16)12-18(24)29-4-2)21-19(25)13-6-5-7-14(10-13)23(26)27/h5-11H,3-4,12H2,1-2H3. The molecule has 2 aromatic carbocycles. The third kappa shape index (κ3) is 4.71. The van der Waals surface area contributed by atoms with Gasteiger partial charge in [-0.2, -0.15) is 4.99 Å². The van der Waals surface area contributed by atoms with Crippen LogP contribution in [0.4, 0.5) is 5.69 Å². The Hall–Kier alpha value is -3.53. The van der Waals surface area contributed by atoms with E-state index in [2.05, 4.69) is 4.99 Å². The van der Waals surface area contributed by atoms with Crippen LogP contribution >= 0.6 is 11.3 Å². The lowest BCUT2D eigenvalue weighted by Gasteiger charge is -2.06. The molecule has 1 aromatic heterocycles. The van der Waals surface area contributed by atoms with Gasteiger partial charge in [0.2, 0.25) is 0 Å². The molecule has 30 heavy (non-hydrogen) atoms. The second kappa shape index (κ2) is 9.31. The van der Waals surface area contributed by atoms with Crippen molar-refractivity contribution in [2.24, 2.45) is 4.99 Å². The maximum Gasteiger partial charge on any atom is 0.326 e. The summed E-state index contributed by atoms with van der Waals surface area (Å²) in [7, 11) is 0. The number of fused-ring (bicyclic) bond motifs is 1. The third-order valence-corrected chi connectivity index (χ3v) is 5.10. The van der Waals surface area contributed by atoms with Crippen LogP contribution in [0, 0.1) is 10.1 Å². The number of ether oxygens (including phenoxy) is 2. The summed E-state index contributed by atoms with van der Waals surface area (Å²) in [6.07, 6.45) is 0. The van der Waals surface area contributed by atoms with Crippen molar-refractivity contribution in [2.75, 3.05) is 13.2 Å².